The molecule has 0 rings (SSSR count). The normalized spacial score (nSPS) is 8.17. The summed E-state index contributed by atoms with van der Waals surface area (Å²) in [6.07, 6.45) is 1.36. The quantitative estimate of drug-likeness (QED) is 0.373. The van der Waals surface area contributed by atoms with Gasteiger partial charge >= 0.3 is 0 Å². The highest BCUT2D eigenvalue weighted by Crippen LogP contribution is 1.79. The minimum absolute atomic E-state index is 0.227. The van der Waals surface area contributed by atoms with Crippen LogP contribution < -0.4 is 5.73 Å². The first-order valence-corrected chi connectivity index (χ1v) is 1.89. The number of hydrogen-bond donors (Lipinski definition) is 2. The lowest BCUT2D eigenvalue weighted by atomic mass is 10.3. The minimum Gasteiger partial charge on any atom is -0.388 e. The van der Waals surface area contributed by atoms with Crippen LogP contribution in [0, 0.1) is 12.3 Å². The zero-order chi connectivity index (χ0) is 4.99. The highest BCUT2D eigenvalue weighted by molar-refractivity contribution is 5.76. The zero-order valence-corrected chi connectivity index (χ0v) is 3.70. The van der Waals surface area contributed by atoms with Gasteiger partial charge in [0.1, 0.15) is 0 Å². The molecule has 0 aromatic heterocycles. The number of nitrogens with one attached hydrogen (secondary N) is 1. The Labute approximate surface area is 37.9 Å². The van der Waals surface area contributed by atoms with Gasteiger partial charge in [-0.2, -0.15) is 0 Å². The Hall–Kier alpha value is -0.530. The second-order valence-corrected chi connectivity index (χ2v) is 1.13. The molecule has 0 aromatic rings. The fourth-order valence-electron chi connectivity index (χ4n) is 0.190. The Morgan fingerprint density at radius 3 is 2.33 bits per heavy atom. The van der Waals surface area contributed by atoms with Crippen molar-refractivity contribution in [2.45, 2.75) is 12.8 Å². The molecule has 0 aliphatic carbocycles. The van der Waals surface area contributed by atoms with Crippen molar-refractivity contribution in [3.63, 3.8) is 0 Å². The van der Waals surface area contributed by atoms with Crippen molar-refractivity contribution in [2.24, 2.45) is 5.73 Å². The van der Waals surface area contributed by atoms with Crippen LogP contribution in [-0.4, -0.2) is 5.84 Å². The van der Waals surface area contributed by atoms with E-state index in [9.17, 15) is 0 Å². The summed E-state index contributed by atoms with van der Waals surface area (Å²) in [6, 6.07) is 0. The van der Waals surface area contributed by atoms with Gasteiger partial charge in [0.2, 0.25) is 0 Å². The van der Waals surface area contributed by atoms with Crippen molar-refractivity contribution < 1.29 is 0 Å². The molecule has 0 saturated carbocycles. The first-order valence-electron chi connectivity index (χ1n) is 1.89. The van der Waals surface area contributed by atoms with Gasteiger partial charge in [-0.15, -0.1) is 0 Å². The third-order valence-corrected chi connectivity index (χ3v) is 0.446. The van der Waals surface area contributed by atoms with Gasteiger partial charge in [0.05, 0.1) is 5.84 Å². The lowest BCUT2D eigenvalue weighted by molar-refractivity contribution is 1.06. The molecule has 0 amide bonds. The van der Waals surface area contributed by atoms with Crippen molar-refractivity contribution in [3.8, 4) is 0 Å². The number of nitrogens with two attached hydrogens (primary N) is 1. The molecule has 0 atom stereocenters. The van der Waals surface area contributed by atoms with E-state index in [1.54, 1.807) is 0 Å². The molecule has 3 N–H and O–H groups in total. The number of amidine groups is 1. The molecule has 0 unspecified atom stereocenters. The van der Waals surface area contributed by atoms with Gasteiger partial charge in [-0.1, -0.05) is 6.92 Å². The predicted octanol–water partition coefficient (Wildman–Crippen LogP) is 0.537. The van der Waals surface area contributed by atoms with E-state index in [-0.39, 0.29) is 5.84 Å². The predicted molar refractivity (Wildman–Crippen MR) is 26.5 cm³/mol. The third-order valence-electron chi connectivity index (χ3n) is 0.446. The second-order valence-electron chi connectivity index (χ2n) is 1.13. The monoisotopic (exact) mass is 85.1 g/mol. The van der Waals surface area contributed by atoms with Gasteiger partial charge in [0.15, 0.2) is 0 Å². The van der Waals surface area contributed by atoms with Crippen LogP contribution in [0.25, 0.3) is 0 Å². The van der Waals surface area contributed by atoms with E-state index in [0.29, 0.717) is 6.42 Å². The molecule has 2 heteroatoms. The van der Waals surface area contributed by atoms with Crippen molar-refractivity contribution in [2.75, 3.05) is 0 Å². The van der Waals surface area contributed by atoms with Crippen LogP contribution in [0.15, 0.2) is 0 Å². The van der Waals surface area contributed by atoms with E-state index < -0.39 is 0 Å². The summed E-state index contributed by atoms with van der Waals surface area (Å²) < 4.78 is 0. The van der Waals surface area contributed by atoms with Crippen LogP contribution in [0.2, 0.25) is 0 Å². The van der Waals surface area contributed by atoms with Crippen molar-refractivity contribution in [3.05, 3.63) is 6.92 Å². The molecule has 0 heterocycles. The maximum absolute atomic E-state index is 6.63. The lowest BCUT2D eigenvalue weighted by Gasteiger charge is -1.85. The maximum Gasteiger partial charge on any atom is 0.0905 e. The molecule has 0 fully saturated rings. The van der Waals surface area contributed by atoms with Gasteiger partial charge < -0.3 is 5.73 Å². The summed E-state index contributed by atoms with van der Waals surface area (Å²) in [4.78, 5) is 0. The van der Waals surface area contributed by atoms with Gasteiger partial charge in [-0.05, 0) is 6.42 Å². The van der Waals surface area contributed by atoms with E-state index in [0.717, 1.165) is 6.42 Å². The highest BCUT2D eigenvalue weighted by atomic mass is 14.7. The lowest BCUT2D eigenvalue weighted by Crippen LogP contribution is -2.07. The average Bonchev–Trinajstić information content (AvgIpc) is 1.35. The Bertz CT molecular complexity index is 49.5. The molecule has 0 bridgehead atoms. The van der Waals surface area contributed by atoms with Gasteiger partial charge in [-0.3, -0.25) is 5.41 Å². The van der Waals surface area contributed by atoms with Crippen LogP contribution in [0.1, 0.15) is 12.8 Å². The topological polar surface area (TPSA) is 49.9 Å². The fourth-order valence-corrected chi connectivity index (χ4v) is 0.190. The molecule has 0 aliphatic heterocycles. The summed E-state index contributed by atoms with van der Waals surface area (Å²) >= 11 is 0. The molecular weight excluding hydrogens is 76.1 g/mol. The molecule has 6 heavy (non-hydrogen) atoms. The summed E-state index contributed by atoms with van der Waals surface area (Å²) in [5.74, 6) is 0.227. The van der Waals surface area contributed by atoms with E-state index >= 15 is 0 Å². The molecule has 0 aliphatic rings. The first kappa shape index (κ1) is 5.47. The van der Waals surface area contributed by atoms with Crippen LogP contribution >= 0.6 is 0 Å². The molecule has 35 valence electrons. The summed E-state index contributed by atoms with van der Waals surface area (Å²) in [7, 11) is 0. The summed E-state index contributed by atoms with van der Waals surface area (Å²) in [5.41, 5.74) is 4.95. The van der Waals surface area contributed by atoms with Gasteiger partial charge in [-0.25, -0.2) is 0 Å². The Balaban J connectivity index is 2.83. The molecule has 1 radical (unpaired) electrons. The Morgan fingerprint density at radius 2 is 2.33 bits per heavy atom. The first-order chi connectivity index (χ1) is 2.77. The third kappa shape index (κ3) is 3.47. The van der Waals surface area contributed by atoms with Crippen LogP contribution in [-0.2, 0) is 0 Å². The summed E-state index contributed by atoms with van der Waals surface area (Å²) in [5, 5.41) is 6.63. The van der Waals surface area contributed by atoms with Crippen LogP contribution in [0.4, 0.5) is 0 Å². The Kier molecular flexibility index (Phi) is 2.46. The van der Waals surface area contributed by atoms with Crippen LogP contribution in [0.3, 0.4) is 0 Å². The zero-order valence-electron chi connectivity index (χ0n) is 3.70. The molecule has 0 saturated heterocycles. The SMILES string of the molecule is [CH2]CCC(=N)N. The smallest absolute Gasteiger partial charge is 0.0905 e. The molecule has 2 nitrogen and oxygen atoms in total. The summed E-state index contributed by atoms with van der Waals surface area (Å²) in [6.45, 7) is 3.50. The Morgan fingerprint density at radius 1 is 1.83 bits per heavy atom. The van der Waals surface area contributed by atoms with Gasteiger partial charge in [0, 0.05) is 6.42 Å². The van der Waals surface area contributed by atoms with Crippen LogP contribution in [0.5, 0.6) is 0 Å². The van der Waals surface area contributed by atoms with Gasteiger partial charge in [0.25, 0.3) is 0 Å². The molecular formula is C4H9N2. The van der Waals surface area contributed by atoms with Crippen molar-refractivity contribution in [1.82, 2.24) is 0 Å². The maximum atomic E-state index is 6.63. The molecule has 0 aromatic carbocycles. The number of rotatable bonds is 2. The average molecular weight is 85.1 g/mol. The minimum atomic E-state index is 0.227. The van der Waals surface area contributed by atoms with E-state index in [2.05, 4.69) is 6.92 Å². The van der Waals surface area contributed by atoms with E-state index in [4.69, 9.17) is 11.1 Å². The second kappa shape index (κ2) is 2.69. The largest absolute Gasteiger partial charge is 0.388 e. The van der Waals surface area contributed by atoms with Crippen molar-refractivity contribution >= 4 is 5.84 Å². The highest BCUT2D eigenvalue weighted by Gasteiger charge is 1.79. The van der Waals surface area contributed by atoms with E-state index in [1.165, 1.54) is 0 Å². The standard InChI is InChI=1S/C4H9N2/c1-2-3-4(5)6/h1-3H2,(H3,5,6). The number of hydrogen-bond acceptors (Lipinski definition) is 1. The van der Waals surface area contributed by atoms with E-state index in [1.807, 2.05) is 0 Å². The fraction of sp³-hybridized carbons (Fsp3) is 0.500. The van der Waals surface area contributed by atoms with Crippen molar-refractivity contribution in [1.29, 1.82) is 5.41 Å². The molecule has 0 spiro atoms.